The molecular weight excluding hydrogens is 534 g/mol. The van der Waals surface area contributed by atoms with E-state index >= 15 is 0 Å². The molecule has 5 nitrogen and oxygen atoms in total. The molecule has 0 aromatic heterocycles. The lowest BCUT2D eigenvalue weighted by Gasteiger charge is -2.37. The number of carbonyl (C=O) groups is 2. The quantitative estimate of drug-likeness (QED) is 0.268. The second-order valence-electron chi connectivity index (χ2n) is 6.41. The number of phenols is 1. The topological polar surface area (TPSA) is 70.0 Å². The zero-order valence-electron chi connectivity index (χ0n) is 12.5. The van der Waals surface area contributed by atoms with E-state index in [1.807, 2.05) is 45.2 Å². The first-order valence-electron chi connectivity index (χ1n) is 7.75. The molecule has 1 aliphatic heterocycles. The van der Waals surface area contributed by atoms with Gasteiger partial charge in [-0.3, -0.25) is 9.59 Å². The van der Waals surface area contributed by atoms with Crippen LogP contribution in [0.3, 0.4) is 0 Å². The van der Waals surface area contributed by atoms with Gasteiger partial charge in [-0.25, -0.2) is 0 Å². The molecule has 1 aromatic carbocycles. The number of rotatable bonds is 2. The number of aromatic hydroxyl groups is 1. The molecular formula is C17H14I2N2O3. The number of hydrazone groups is 1. The van der Waals surface area contributed by atoms with Crippen molar-refractivity contribution >= 4 is 63.2 Å². The molecule has 124 valence electrons. The van der Waals surface area contributed by atoms with Crippen LogP contribution in [0.15, 0.2) is 29.4 Å². The van der Waals surface area contributed by atoms with Crippen molar-refractivity contribution in [2.75, 3.05) is 0 Å². The summed E-state index contributed by atoms with van der Waals surface area (Å²) in [4.78, 5) is 25.3. The molecule has 0 radical (unpaired) electrons. The van der Waals surface area contributed by atoms with E-state index in [0.29, 0.717) is 7.14 Å². The number of carbonyl (C=O) groups excluding carboxylic acids is 2. The number of nitrogens with zero attached hydrogens (tertiary/aromatic N) is 2. The summed E-state index contributed by atoms with van der Waals surface area (Å²) in [6.07, 6.45) is 7.67. The number of amides is 2. The van der Waals surface area contributed by atoms with Gasteiger partial charge in [0.1, 0.15) is 5.75 Å². The molecule has 5 rings (SSSR count). The van der Waals surface area contributed by atoms with Crippen molar-refractivity contribution in [1.82, 2.24) is 5.01 Å². The molecule has 4 aliphatic rings. The molecule has 1 saturated heterocycles. The molecule has 1 heterocycles. The minimum atomic E-state index is -0.238. The van der Waals surface area contributed by atoms with Crippen LogP contribution in [-0.4, -0.2) is 28.1 Å². The van der Waals surface area contributed by atoms with E-state index in [1.165, 1.54) is 6.21 Å². The minimum absolute atomic E-state index is 0.173. The number of allylic oxidation sites excluding steroid dienone is 2. The Morgan fingerprint density at radius 2 is 1.54 bits per heavy atom. The smallest absolute Gasteiger partial charge is 0.254 e. The van der Waals surface area contributed by atoms with E-state index in [2.05, 4.69) is 17.3 Å². The molecule has 7 heteroatoms. The van der Waals surface area contributed by atoms with Crippen molar-refractivity contribution in [3.63, 3.8) is 0 Å². The van der Waals surface area contributed by atoms with Gasteiger partial charge in [0.15, 0.2) is 0 Å². The molecule has 1 N–H and O–H groups in total. The van der Waals surface area contributed by atoms with Gasteiger partial charge in [0.25, 0.3) is 11.8 Å². The molecule has 24 heavy (non-hydrogen) atoms. The highest BCUT2D eigenvalue weighted by Crippen LogP contribution is 2.49. The van der Waals surface area contributed by atoms with Crippen LogP contribution in [0, 0.1) is 30.8 Å². The van der Waals surface area contributed by atoms with E-state index in [0.717, 1.165) is 23.4 Å². The lowest BCUT2D eigenvalue weighted by atomic mass is 9.63. The first-order valence-corrected chi connectivity index (χ1v) is 9.91. The Labute approximate surface area is 166 Å². The molecule has 4 atom stereocenters. The molecule has 4 unspecified atom stereocenters. The number of hydrogen-bond acceptors (Lipinski definition) is 4. The molecule has 2 amide bonds. The number of fused-ring (bicyclic) bond motifs is 1. The summed E-state index contributed by atoms with van der Waals surface area (Å²) < 4.78 is 1.41. The zero-order chi connectivity index (χ0) is 17.0. The maximum absolute atomic E-state index is 12.7. The van der Waals surface area contributed by atoms with Crippen molar-refractivity contribution in [3.05, 3.63) is 37.0 Å². The van der Waals surface area contributed by atoms with E-state index < -0.39 is 0 Å². The van der Waals surface area contributed by atoms with E-state index in [1.54, 1.807) is 12.1 Å². The van der Waals surface area contributed by atoms with Crippen LogP contribution < -0.4 is 0 Å². The summed E-state index contributed by atoms with van der Waals surface area (Å²) in [6.45, 7) is 0. The van der Waals surface area contributed by atoms with Crippen LogP contribution in [0.1, 0.15) is 18.4 Å². The first-order chi connectivity index (χ1) is 11.5. The standard InChI is InChI=1S/C17H14I2N2O3/c18-11-5-8(6-12(19)15(11)22)7-20-21-16(23)13-9-1-2-10(4-3-9)14(13)17(21)24/h1-2,5-7,9-10,13-14,22H,3-4H2/b20-7+. The normalized spacial score (nSPS) is 31.3. The van der Waals surface area contributed by atoms with Gasteiger partial charge >= 0.3 is 0 Å². The Balaban J connectivity index is 1.62. The summed E-state index contributed by atoms with van der Waals surface area (Å²) in [7, 11) is 0. The van der Waals surface area contributed by atoms with Crippen molar-refractivity contribution in [1.29, 1.82) is 0 Å². The van der Waals surface area contributed by atoms with E-state index in [-0.39, 0.29) is 41.2 Å². The predicted octanol–water partition coefficient (Wildman–Crippen LogP) is 3.13. The van der Waals surface area contributed by atoms with Crippen LogP contribution >= 0.6 is 45.2 Å². The van der Waals surface area contributed by atoms with Crippen LogP contribution in [-0.2, 0) is 9.59 Å². The second-order valence-corrected chi connectivity index (χ2v) is 8.73. The number of benzene rings is 1. The third-order valence-corrected chi connectivity index (χ3v) is 6.74. The van der Waals surface area contributed by atoms with E-state index in [4.69, 9.17) is 0 Å². The van der Waals surface area contributed by atoms with Gasteiger partial charge in [0.05, 0.1) is 25.2 Å². The van der Waals surface area contributed by atoms with Crippen molar-refractivity contribution < 1.29 is 14.7 Å². The van der Waals surface area contributed by atoms with Gasteiger partial charge in [-0.05, 0) is 87.6 Å². The number of imide groups is 1. The summed E-state index contributed by atoms with van der Waals surface area (Å²) in [5, 5.41) is 15.1. The highest BCUT2D eigenvalue weighted by atomic mass is 127. The van der Waals surface area contributed by atoms with Gasteiger partial charge in [-0.15, -0.1) is 0 Å². The largest absolute Gasteiger partial charge is 0.506 e. The van der Waals surface area contributed by atoms with E-state index in [9.17, 15) is 14.7 Å². The lowest BCUT2D eigenvalue weighted by Crippen LogP contribution is -2.38. The Kier molecular flexibility index (Phi) is 4.18. The van der Waals surface area contributed by atoms with Crippen molar-refractivity contribution in [2.45, 2.75) is 12.8 Å². The lowest BCUT2D eigenvalue weighted by molar-refractivity contribution is -0.140. The van der Waals surface area contributed by atoms with Gasteiger partial charge in [0, 0.05) is 0 Å². The van der Waals surface area contributed by atoms with Crippen LogP contribution in [0.4, 0.5) is 0 Å². The van der Waals surface area contributed by atoms with Gasteiger partial charge in [-0.2, -0.15) is 10.1 Å². The van der Waals surface area contributed by atoms with Gasteiger partial charge in [-0.1, -0.05) is 12.2 Å². The molecule has 1 saturated carbocycles. The van der Waals surface area contributed by atoms with Gasteiger partial charge in [0.2, 0.25) is 0 Å². The second kappa shape index (κ2) is 6.08. The highest BCUT2D eigenvalue weighted by Gasteiger charge is 2.56. The fraction of sp³-hybridized carbons (Fsp3) is 0.353. The Bertz CT molecular complexity index is 750. The number of phenolic OH excluding ortho intramolecular Hbond substituents is 1. The van der Waals surface area contributed by atoms with Crippen LogP contribution in [0.2, 0.25) is 0 Å². The third-order valence-electron chi connectivity index (χ3n) is 5.10. The van der Waals surface area contributed by atoms with Crippen LogP contribution in [0.25, 0.3) is 0 Å². The highest BCUT2D eigenvalue weighted by molar-refractivity contribution is 14.1. The third kappa shape index (κ3) is 2.51. The summed E-state index contributed by atoms with van der Waals surface area (Å²) in [5.41, 5.74) is 0.748. The molecule has 2 fully saturated rings. The Morgan fingerprint density at radius 3 is 2.00 bits per heavy atom. The zero-order valence-corrected chi connectivity index (χ0v) is 16.8. The SMILES string of the molecule is O=C1C2C3C=CC(CC3)C2C(=O)N1/N=C/c1cc(I)c(O)c(I)c1. The number of halogens is 2. The molecule has 3 aliphatic carbocycles. The maximum Gasteiger partial charge on any atom is 0.254 e. The minimum Gasteiger partial charge on any atom is -0.506 e. The molecule has 1 aromatic rings. The summed E-state index contributed by atoms with van der Waals surface area (Å²) in [5.74, 6) is -0.251. The average molecular weight is 548 g/mol. The number of hydrogen-bond donors (Lipinski definition) is 1. The Morgan fingerprint density at radius 1 is 1.04 bits per heavy atom. The molecule has 2 bridgehead atoms. The van der Waals surface area contributed by atoms with Crippen LogP contribution in [0.5, 0.6) is 5.75 Å². The fourth-order valence-electron chi connectivity index (χ4n) is 3.96. The summed E-state index contributed by atoms with van der Waals surface area (Å²) in [6, 6.07) is 3.54. The monoisotopic (exact) mass is 548 g/mol. The summed E-state index contributed by atoms with van der Waals surface area (Å²) >= 11 is 4.08. The Hall–Kier alpha value is -0.970. The molecule has 0 spiro atoms. The fourth-order valence-corrected chi connectivity index (χ4v) is 5.77. The van der Waals surface area contributed by atoms with Crippen molar-refractivity contribution in [2.24, 2.45) is 28.8 Å². The maximum atomic E-state index is 12.7. The average Bonchev–Trinajstić information content (AvgIpc) is 2.85. The van der Waals surface area contributed by atoms with Gasteiger partial charge < -0.3 is 5.11 Å². The van der Waals surface area contributed by atoms with Crippen molar-refractivity contribution in [3.8, 4) is 5.75 Å². The predicted molar refractivity (Wildman–Crippen MR) is 105 cm³/mol. The first kappa shape index (κ1) is 16.5.